The number of nitrogens with zero attached hydrogens (tertiary/aromatic N) is 1. The molecule has 1 heterocycles. The lowest BCUT2D eigenvalue weighted by molar-refractivity contribution is -0.124. The number of benzene rings is 1. The van der Waals surface area contributed by atoms with Gasteiger partial charge in [0, 0.05) is 18.8 Å². The Morgan fingerprint density at radius 1 is 1.24 bits per heavy atom. The van der Waals surface area contributed by atoms with Gasteiger partial charge in [-0.05, 0) is 37.1 Å². The van der Waals surface area contributed by atoms with Crippen molar-refractivity contribution in [1.29, 1.82) is 5.26 Å². The molecule has 0 saturated carbocycles. The van der Waals surface area contributed by atoms with E-state index < -0.39 is 11.9 Å². The van der Waals surface area contributed by atoms with Gasteiger partial charge in [-0.3, -0.25) is 9.59 Å². The molecule has 2 rings (SSSR count). The predicted octanol–water partition coefficient (Wildman–Crippen LogP) is 0.991. The van der Waals surface area contributed by atoms with Crippen LogP contribution < -0.4 is 10.6 Å². The summed E-state index contributed by atoms with van der Waals surface area (Å²) in [6.45, 7) is 0.752. The van der Waals surface area contributed by atoms with Crippen molar-refractivity contribution < 1.29 is 23.9 Å². The minimum absolute atomic E-state index is 0.0310. The third-order valence-corrected chi connectivity index (χ3v) is 3.53. The number of carbonyl (C=O) groups is 3. The standard InChI is InChI=1S/C17H19N3O5/c18-8-7-15(21)20-13-5-3-12(4-6-13)17(23)25-11-16(22)19-10-14-2-1-9-24-14/h3-6,14H,1-2,7,9-11H2,(H,19,22)(H,20,21). The average molecular weight is 345 g/mol. The lowest BCUT2D eigenvalue weighted by Crippen LogP contribution is -2.34. The molecule has 2 N–H and O–H groups in total. The van der Waals surface area contributed by atoms with Crippen LogP contribution in [0.3, 0.4) is 0 Å². The molecule has 132 valence electrons. The largest absolute Gasteiger partial charge is 0.452 e. The van der Waals surface area contributed by atoms with E-state index in [0.29, 0.717) is 18.8 Å². The first-order valence-electron chi connectivity index (χ1n) is 7.91. The third-order valence-electron chi connectivity index (χ3n) is 3.53. The van der Waals surface area contributed by atoms with Crippen molar-refractivity contribution in [2.24, 2.45) is 0 Å². The van der Waals surface area contributed by atoms with Crippen LogP contribution in [0, 0.1) is 11.3 Å². The maximum Gasteiger partial charge on any atom is 0.338 e. The van der Waals surface area contributed by atoms with Gasteiger partial charge in [-0.2, -0.15) is 5.26 Å². The van der Waals surface area contributed by atoms with Crippen molar-refractivity contribution in [1.82, 2.24) is 5.32 Å². The summed E-state index contributed by atoms with van der Waals surface area (Å²) in [6, 6.07) is 7.71. The van der Waals surface area contributed by atoms with Gasteiger partial charge in [0.25, 0.3) is 5.91 Å². The lowest BCUT2D eigenvalue weighted by atomic mass is 10.2. The molecule has 1 aliphatic rings. The van der Waals surface area contributed by atoms with Crippen molar-refractivity contribution in [2.45, 2.75) is 25.4 Å². The van der Waals surface area contributed by atoms with Crippen LogP contribution in [0.4, 0.5) is 5.69 Å². The molecule has 0 aliphatic carbocycles. The predicted molar refractivity (Wildman–Crippen MR) is 87.6 cm³/mol. The lowest BCUT2D eigenvalue weighted by Gasteiger charge is -2.11. The van der Waals surface area contributed by atoms with Gasteiger partial charge in [-0.1, -0.05) is 0 Å². The van der Waals surface area contributed by atoms with E-state index in [9.17, 15) is 14.4 Å². The number of nitrogens with one attached hydrogen (secondary N) is 2. The molecule has 1 atom stereocenters. The van der Waals surface area contributed by atoms with Crippen LogP contribution in [0.15, 0.2) is 24.3 Å². The fraction of sp³-hybridized carbons (Fsp3) is 0.412. The Kier molecular flexibility index (Phi) is 6.92. The normalized spacial score (nSPS) is 15.9. The molecule has 8 nitrogen and oxygen atoms in total. The number of rotatable bonds is 7. The first-order chi connectivity index (χ1) is 12.1. The summed E-state index contributed by atoms with van der Waals surface area (Å²) in [4.78, 5) is 34.8. The molecular formula is C17H19N3O5. The van der Waals surface area contributed by atoms with E-state index in [1.165, 1.54) is 24.3 Å². The molecule has 0 aromatic heterocycles. The molecule has 1 fully saturated rings. The van der Waals surface area contributed by atoms with Gasteiger partial charge in [0.15, 0.2) is 6.61 Å². The van der Waals surface area contributed by atoms with Crippen molar-refractivity contribution in [3.8, 4) is 6.07 Å². The number of hydrogen-bond acceptors (Lipinski definition) is 6. The Bertz CT molecular complexity index is 660. The van der Waals surface area contributed by atoms with Gasteiger partial charge in [0.2, 0.25) is 5.91 Å². The van der Waals surface area contributed by atoms with Gasteiger partial charge in [0.1, 0.15) is 6.42 Å². The number of hydrogen-bond donors (Lipinski definition) is 2. The number of esters is 1. The zero-order valence-corrected chi connectivity index (χ0v) is 13.6. The topological polar surface area (TPSA) is 118 Å². The van der Waals surface area contributed by atoms with Crippen LogP contribution in [0.1, 0.15) is 29.6 Å². The highest BCUT2D eigenvalue weighted by atomic mass is 16.5. The first kappa shape index (κ1) is 18.4. The van der Waals surface area contributed by atoms with Crippen LogP contribution in [-0.2, 0) is 19.1 Å². The fourth-order valence-electron chi connectivity index (χ4n) is 2.27. The summed E-state index contributed by atoms with van der Waals surface area (Å²) in [6.07, 6.45) is 1.69. The van der Waals surface area contributed by atoms with Crippen LogP contribution >= 0.6 is 0 Å². The van der Waals surface area contributed by atoms with Crippen molar-refractivity contribution in [3.05, 3.63) is 29.8 Å². The Balaban J connectivity index is 1.73. The molecule has 1 saturated heterocycles. The van der Waals surface area contributed by atoms with Crippen LogP contribution in [0.5, 0.6) is 0 Å². The minimum Gasteiger partial charge on any atom is -0.452 e. The zero-order chi connectivity index (χ0) is 18.1. The van der Waals surface area contributed by atoms with E-state index in [-0.39, 0.29) is 30.6 Å². The average Bonchev–Trinajstić information content (AvgIpc) is 3.12. The second-order valence-corrected chi connectivity index (χ2v) is 5.48. The highest BCUT2D eigenvalue weighted by Gasteiger charge is 2.17. The van der Waals surface area contributed by atoms with Crippen molar-refractivity contribution in [3.63, 3.8) is 0 Å². The maximum absolute atomic E-state index is 11.9. The molecule has 0 spiro atoms. The minimum atomic E-state index is -0.637. The fourth-order valence-corrected chi connectivity index (χ4v) is 2.27. The quantitative estimate of drug-likeness (QED) is 0.712. The molecule has 1 unspecified atom stereocenters. The Morgan fingerprint density at radius 3 is 2.64 bits per heavy atom. The van der Waals surface area contributed by atoms with E-state index in [0.717, 1.165) is 12.8 Å². The number of anilines is 1. The number of carbonyl (C=O) groups excluding carboxylic acids is 3. The summed E-state index contributed by atoms with van der Waals surface area (Å²) in [5, 5.41) is 13.6. The summed E-state index contributed by atoms with van der Waals surface area (Å²) >= 11 is 0. The van der Waals surface area contributed by atoms with E-state index in [4.69, 9.17) is 14.7 Å². The maximum atomic E-state index is 11.9. The summed E-state index contributed by atoms with van der Waals surface area (Å²) in [5.41, 5.74) is 0.719. The molecule has 25 heavy (non-hydrogen) atoms. The molecule has 1 aromatic carbocycles. The molecule has 2 amide bonds. The summed E-state index contributed by atoms with van der Waals surface area (Å²) < 4.78 is 10.3. The molecule has 1 aromatic rings. The second-order valence-electron chi connectivity index (χ2n) is 5.48. The van der Waals surface area contributed by atoms with Gasteiger partial charge in [-0.15, -0.1) is 0 Å². The molecule has 1 aliphatic heterocycles. The third kappa shape index (κ3) is 6.24. The molecular weight excluding hydrogens is 326 g/mol. The highest BCUT2D eigenvalue weighted by Crippen LogP contribution is 2.11. The van der Waals surface area contributed by atoms with Gasteiger partial charge < -0.3 is 20.1 Å². The number of ether oxygens (including phenoxy) is 2. The van der Waals surface area contributed by atoms with E-state index >= 15 is 0 Å². The van der Waals surface area contributed by atoms with Crippen LogP contribution in [0.25, 0.3) is 0 Å². The van der Waals surface area contributed by atoms with Gasteiger partial charge in [0.05, 0.1) is 17.7 Å². The molecule has 0 bridgehead atoms. The van der Waals surface area contributed by atoms with Crippen LogP contribution in [0.2, 0.25) is 0 Å². The smallest absolute Gasteiger partial charge is 0.338 e. The SMILES string of the molecule is N#CCC(=O)Nc1ccc(C(=O)OCC(=O)NCC2CCCO2)cc1. The Hall–Kier alpha value is -2.92. The Labute approximate surface area is 145 Å². The summed E-state index contributed by atoms with van der Waals surface area (Å²) in [7, 11) is 0. The van der Waals surface area contributed by atoms with Crippen LogP contribution in [-0.4, -0.2) is 43.6 Å². The summed E-state index contributed by atoms with van der Waals surface area (Å²) in [5.74, 6) is -1.45. The molecule has 0 radical (unpaired) electrons. The van der Waals surface area contributed by atoms with Gasteiger partial charge in [-0.25, -0.2) is 4.79 Å². The van der Waals surface area contributed by atoms with E-state index in [1.54, 1.807) is 6.07 Å². The Morgan fingerprint density at radius 2 is 2.00 bits per heavy atom. The zero-order valence-electron chi connectivity index (χ0n) is 13.6. The first-order valence-corrected chi connectivity index (χ1v) is 7.91. The van der Waals surface area contributed by atoms with Gasteiger partial charge >= 0.3 is 5.97 Å². The van der Waals surface area contributed by atoms with Crippen molar-refractivity contribution in [2.75, 3.05) is 25.1 Å². The van der Waals surface area contributed by atoms with E-state index in [1.807, 2.05) is 0 Å². The van der Waals surface area contributed by atoms with E-state index in [2.05, 4.69) is 10.6 Å². The highest BCUT2D eigenvalue weighted by molar-refractivity contribution is 5.94. The molecule has 8 heteroatoms. The monoisotopic (exact) mass is 345 g/mol. The number of nitriles is 1. The second kappa shape index (κ2) is 9.39. The number of amides is 2. The van der Waals surface area contributed by atoms with Crippen molar-refractivity contribution >= 4 is 23.5 Å².